The molecule has 2 heterocycles. The van der Waals surface area contributed by atoms with Crippen LogP contribution in [0.3, 0.4) is 0 Å². The molecule has 27 heavy (non-hydrogen) atoms. The molecule has 1 aliphatic carbocycles. The van der Waals surface area contributed by atoms with Crippen molar-refractivity contribution in [3.8, 4) is 5.69 Å². The van der Waals surface area contributed by atoms with Crippen LogP contribution >= 0.6 is 22.9 Å². The first kappa shape index (κ1) is 18.5. The standard InChI is InChI=1S/C20H22ClN3O2S/c1-11-3-8-16-15(9-11)17-18(27-16)23-20(22-10-12(2)25)24(19(17)26)14-6-4-13(21)5-7-14/h4-7,11-12,25H,3,8-10H2,1-2H3,(H,22,23)/t11-,12+/m0/s1. The molecule has 7 heteroatoms. The normalized spacial score (nSPS) is 17.7. The highest BCUT2D eigenvalue weighted by atomic mass is 35.5. The molecule has 0 aliphatic heterocycles. The van der Waals surface area contributed by atoms with Crippen LogP contribution in [-0.2, 0) is 12.8 Å². The van der Waals surface area contributed by atoms with Crippen molar-refractivity contribution in [1.29, 1.82) is 0 Å². The molecule has 2 N–H and O–H groups in total. The monoisotopic (exact) mass is 403 g/mol. The molecule has 0 saturated heterocycles. The van der Waals surface area contributed by atoms with Crippen LogP contribution in [0.1, 0.15) is 30.7 Å². The predicted molar refractivity (Wildman–Crippen MR) is 112 cm³/mol. The summed E-state index contributed by atoms with van der Waals surface area (Å²) in [7, 11) is 0. The highest BCUT2D eigenvalue weighted by molar-refractivity contribution is 7.18. The second-order valence-corrected chi connectivity index (χ2v) is 8.83. The molecule has 0 spiro atoms. The van der Waals surface area contributed by atoms with E-state index < -0.39 is 6.10 Å². The molecule has 4 rings (SSSR count). The Morgan fingerprint density at radius 3 is 2.85 bits per heavy atom. The summed E-state index contributed by atoms with van der Waals surface area (Å²) in [4.78, 5) is 20.3. The van der Waals surface area contributed by atoms with Crippen molar-refractivity contribution in [2.24, 2.45) is 5.92 Å². The first-order chi connectivity index (χ1) is 12.9. The maximum atomic E-state index is 13.5. The van der Waals surface area contributed by atoms with Crippen LogP contribution in [0.15, 0.2) is 29.1 Å². The van der Waals surface area contributed by atoms with E-state index in [1.165, 1.54) is 4.88 Å². The van der Waals surface area contributed by atoms with Gasteiger partial charge in [-0.1, -0.05) is 18.5 Å². The molecule has 142 valence electrons. The smallest absolute Gasteiger partial charge is 0.268 e. The van der Waals surface area contributed by atoms with E-state index in [-0.39, 0.29) is 5.56 Å². The summed E-state index contributed by atoms with van der Waals surface area (Å²) in [6.07, 6.45) is 2.54. The van der Waals surface area contributed by atoms with Gasteiger partial charge in [0.1, 0.15) is 4.83 Å². The summed E-state index contributed by atoms with van der Waals surface area (Å²) in [5, 5.41) is 14.1. The summed E-state index contributed by atoms with van der Waals surface area (Å²) < 4.78 is 1.59. The molecule has 0 amide bonds. The lowest BCUT2D eigenvalue weighted by molar-refractivity contribution is 0.208. The van der Waals surface area contributed by atoms with E-state index in [1.54, 1.807) is 35.0 Å². The number of fused-ring (bicyclic) bond motifs is 3. The van der Waals surface area contributed by atoms with Crippen LogP contribution < -0.4 is 10.9 Å². The number of thiophene rings is 1. The van der Waals surface area contributed by atoms with Gasteiger partial charge in [0.15, 0.2) is 0 Å². The number of anilines is 1. The lowest BCUT2D eigenvalue weighted by atomic mass is 9.89. The average molecular weight is 404 g/mol. The van der Waals surface area contributed by atoms with Gasteiger partial charge in [-0.15, -0.1) is 11.3 Å². The van der Waals surface area contributed by atoms with E-state index in [0.717, 1.165) is 35.0 Å². The fourth-order valence-electron chi connectivity index (χ4n) is 3.58. The molecule has 0 bridgehead atoms. The fraction of sp³-hybridized carbons (Fsp3) is 0.400. The molecule has 1 aromatic carbocycles. The van der Waals surface area contributed by atoms with E-state index in [2.05, 4.69) is 12.2 Å². The number of aliphatic hydroxyl groups is 1. The van der Waals surface area contributed by atoms with Crippen molar-refractivity contribution >= 4 is 39.1 Å². The quantitative estimate of drug-likeness (QED) is 0.690. The van der Waals surface area contributed by atoms with E-state index in [1.807, 2.05) is 12.1 Å². The minimum atomic E-state index is -0.548. The van der Waals surface area contributed by atoms with Gasteiger partial charge in [-0.2, -0.15) is 0 Å². The highest BCUT2D eigenvalue weighted by Crippen LogP contribution is 2.36. The maximum absolute atomic E-state index is 13.5. The molecule has 0 fully saturated rings. The number of hydrogen-bond acceptors (Lipinski definition) is 5. The summed E-state index contributed by atoms with van der Waals surface area (Å²) >= 11 is 7.64. The van der Waals surface area contributed by atoms with E-state index >= 15 is 0 Å². The third-order valence-corrected chi connectivity index (χ3v) is 6.40. The van der Waals surface area contributed by atoms with Gasteiger partial charge in [0.2, 0.25) is 5.95 Å². The van der Waals surface area contributed by atoms with E-state index in [4.69, 9.17) is 16.6 Å². The van der Waals surface area contributed by atoms with Gasteiger partial charge < -0.3 is 10.4 Å². The third kappa shape index (κ3) is 3.49. The minimum absolute atomic E-state index is 0.0676. The van der Waals surface area contributed by atoms with Crippen LogP contribution in [0.2, 0.25) is 5.02 Å². The molecular weight excluding hydrogens is 382 g/mol. The highest BCUT2D eigenvalue weighted by Gasteiger charge is 2.25. The Morgan fingerprint density at radius 1 is 1.41 bits per heavy atom. The van der Waals surface area contributed by atoms with Gasteiger partial charge in [-0.05, 0) is 61.9 Å². The van der Waals surface area contributed by atoms with Gasteiger partial charge >= 0.3 is 0 Å². The number of halogens is 1. The van der Waals surface area contributed by atoms with Crippen LogP contribution in [-0.4, -0.2) is 27.3 Å². The van der Waals surface area contributed by atoms with Gasteiger partial charge in [0.25, 0.3) is 5.56 Å². The number of benzene rings is 1. The van der Waals surface area contributed by atoms with Crippen molar-refractivity contribution in [3.05, 3.63) is 50.1 Å². The SMILES string of the molecule is C[C@H]1CCc2sc3nc(NC[C@@H](C)O)n(-c4ccc(Cl)cc4)c(=O)c3c2C1. The fourth-order valence-corrected chi connectivity index (χ4v) is 4.92. The Morgan fingerprint density at radius 2 is 2.15 bits per heavy atom. The van der Waals surface area contributed by atoms with Gasteiger partial charge in [-0.3, -0.25) is 4.79 Å². The van der Waals surface area contributed by atoms with Gasteiger partial charge in [-0.25, -0.2) is 9.55 Å². The summed E-state index contributed by atoms with van der Waals surface area (Å²) in [5.74, 6) is 1.02. The zero-order chi connectivity index (χ0) is 19.1. The molecular formula is C20H22ClN3O2S. The number of nitrogens with one attached hydrogen (secondary N) is 1. The molecule has 2 aromatic heterocycles. The van der Waals surface area contributed by atoms with Gasteiger partial charge in [0.05, 0.1) is 17.2 Å². The first-order valence-electron chi connectivity index (χ1n) is 9.19. The first-order valence-corrected chi connectivity index (χ1v) is 10.4. The Hall–Kier alpha value is -1.89. The Bertz CT molecular complexity index is 1040. The van der Waals surface area contributed by atoms with Crippen molar-refractivity contribution < 1.29 is 5.11 Å². The molecule has 0 radical (unpaired) electrons. The molecule has 0 unspecified atom stereocenters. The number of aryl methyl sites for hydroxylation is 1. The number of hydrogen-bond donors (Lipinski definition) is 2. The summed E-state index contributed by atoms with van der Waals surface area (Å²) in [6, 6.07) is 7.15. The second kappa shape index (κ2) is 7.26. The summed E-state index contributed by atoms with van der Waals surface area (Å²) in [6.45, 7) is 4.24. The maximum Gasteiger partial charge on any atom is 0.268 e. The largest absolute Gasteiger partial charge is 0.392 e. The van der Waals surface area contributed by atoms with E-state index in [9.17, 15) is 9.90 Å². The van der Waals surface area contributed by atoms with Crippen LogP contribution in [0.4, 0.5) is 5.95 Å². The van der Waals surface area contributed by atoms with Crippen molar-refractivity contribution in [2.45, 2.75) is 39.2 Å². The second-order valence-electron chi connectivity index (χ2n) is 7.31. The Kier molecular flexibility index (Phi) is 4.97. The van der Waals surface area contributed by atoms with Crippen molar-refractivity contribution in [1.82, 2.24) is 9.55 Å². The lowest BCUT2D eigenvalue weighted by Crippen LogP contribution is -2.27. The number of aromatic nitrogens is 2. The number of aliphatic hydroxyl groups excluding tert-OH is 1. The third-order valence-electron chi connectivity index (χ3n) is 4.97. The Labute approximate surface area is 166 Å². The number of nitrogens with zero attached hydrogens (tertiary/aromatic N) is 2. The van der Waals surface area contributed by atoms with Gasteiger partial charge in [0, 0.05) is 16.4 Å². The molecule has 2 atom stereocenters. The zero-order valence-corrected chi connectivity index (χ0v) is 16.9. The zero-order valence-electron chi connectivity index (χ0n) is 15.3. The van der Waals surface area contributed by atoms with Crippen LogP contribution in [0.25, 0.3) is 15.9 Å². The van der Waals surface area contributed by atoms with E-state index in [0.29, 0.717) is 29.1 Å². The lowest BCUT2D eigenvalue weighted by Gasteiger charge is -2.18. The topological polar surface area (TPSA) is 67.2 Å². The summed E-state index contributed by atoms with van der Waals surface area (Å²) in [5.41, 5.74) is 1.80. The molecule has 3 aromatic rings. The van der Waals surface area contributed by atoms with Crippen LogP contribution in [0.5, 0.6) is 0 Å². The predicted octanol–water partition coefficient (Wildman–Crippen LogP) is 4.02. The van der Waals surface area contributed by atoms with Crippen molar-refractivity contribution in [3.63, 3.8) is 0 Å². The molecule has 5 nitrogen and oxygen atoms in total. The minimum Gasteiger partial charge on any atom is -0.392 e. The molecule has 0 saturated carbocycles. The Balaban J connectivity index is 1.95. The molecule has 1 aliphatic rings. The van der Waals surface area contributed by atoms with Crippen molar-refractivity contribution in [2.75, 3.05) is 11.9 Å². The average Bonchev–Trinajstić information content (AvgIpc) is 2.99. The van der Waals surface area contributed by atoms with Crippen LogP contribution in [0, 0.1) is 5.92 Å². The number of rotatable bonds is 4.